The van der Waals surface area contributed by atoms with Gasteiger partial charge in [0, 0.05) is 37.6 Å². The highest BCUT2D eigenvalue weighted by Gasteiger charge is 2.40. The lowest BCUT2D eigenvalue weighted by molar-refractivity contribution is -0.157. The molecule has 1 amide bonds. The highest BCUT2D eigenvalue weighted by molar-refractivity contribution is 6.32. The minimum Gasteiger partial charge on any atom is -0.493 e. The summed E-state index contributed by atoms with van der Waals surface area (Å²) in [5, 5.41) is 31.4. The maximum Gasteiger partial charge on any atom is 0.306 e. The number of ketones is 1. The van der Waals surface area contributed by atoms with Crippen LogP contribution < -0.4 is 10.1 Å². The summed E-state index contributed by atoms with van der Waals surface area (Å²) in [5.74, 6) is -4.87. The molecule has 1 heterocycles. The molecule has 1 aliphatic heterocycles. The van der Waals surface area contributed by atoms with Crippen LogP contribution in [0, 0.1) is 5.82 Å². The van der Waals surface area contributed by atoms with E-state index in [-0.39, 0.29) is 47.0 Å². The van der Waals surface area contributed by atoms with Crippen molar-refractivity contribution in [1.29, 1.82) is 0 Å². The van der Waals surface area contributed by atoms with Crippen LogP contribution in [-0.2, 0) is 32.1 Å². The predicted octanol–water partition coefficient (Wildman–Crippen LogP) is 2.30. The number of carboxylic acid groups (broad SMARTS) is 2. The number of halogens is 2. The van der Waals surface area contributed by atoms with Crippen molar-refractivity contribution in [1.82, 2.24) is 10.2 Å². The molecule has 13 heteroatoms. The number of carbonyl (C=O) groups is 4. The molecule has 1 unspecified atom stereocenters. The standard InChI is InChI=1S/C28H32ClFN2O9/c1-2-40-23-9-18(10-24(33)28(39,12-25(34)35)13-26(36)37)22(29)11-21(23)27(38)31-14-20-16-32(7-8-41-20)15-17-3-5-19(30)6-4-17/h3-6,9,11,20,39H,2,7-8,10,12-16H2,1H3,(H,31,38)(H,34,35)(H,36,37). The Hall–Kier alpha value is -3.58. The lowest BCUT2D eigenvalue weighted by Gasteiger charge is -2.33. The second-order valence-electron chi connectivity index (χ2n) is 9.71. The van der Waals surface area contributed by atoms with Crippen molar-refractivity contribution in [3.05, 3.63) is 63.9 Å². The molecule has 4 N–H and O–H groups in total. The summed E-state index contributed by atoms with van der Waals surface area (Å²) in [6.45, 7) is 4.31. The van der Waals surface area contributed by atoms with E-state index in [4.69, 9.17) is 31.3 Å². The zero-order valence-corrected chi connectivity index (χ0v) is 23.2. The van der Waals surface area contributed by atoms with Gasteiger partial charge in [-0.3, -0.25) is 24.1 Å². The molecule has 1 atom stereocenters. The van der Waals surface area contributed by atoms with Crippen LogP contribution >= 0.6 is 11.6 Å². The van der Waals surface area contributed by atoms with Crippen LogP contribution in [0.25, 0.3) is 0 Å². The maximum atomic E-state index is 13.2. The second kappa shape index (κ2) is 14.4. The van der Waals surface area contributed by atoms with Crippen LogP contribution in [0.3, 0.4) is 0 Å². The molecule has 1 saturated heterocycles. The number of nitrogens with one attached hydrogen (secondary N) is 1. The molecule has 0 bridgehead atoms. The fraction of sp³-hybridized carbons (Fsp3) is 0.429. The Labute approximate surface area is 240 Å². The summed E-state index contributed by atoms with van der Waals surface area (Å²) >= 11 is 6.35. The van der Waals surface area contributed by atoms with Gasteiger partial charge in [-0.1, -0.05) is 23.7 Å². The first-order chi connectivity index (χ1) is 19.4. The number of aliphatic hydroxyl groups is 1. The fourth-order valence-corrected chi connectivity index (χ4v) is 4.71. The van der Waals surface area contributed by atoms with Gasteiger partial charge in [-0.2, -0.15) is 0 Å². The zero-order valence-electron chi connectivity index (χ0n) is 22.4. The summed E-state index contributed by atoms with van der Waals surface area (Å²) < 4.78 is 24.6. The van der Waals surface area contributed by atoms with Crippen molar-refractivity contribution in [2.24, 2.45) is 0 Å². The van der Waals surface area contributed by atoms with E-state index in [2.05, 4.69) is 10.2 Å². The number of benzene rings is 2. The SMILES string of the molecule is CCOc1cc(CC(=O)C(O)(CC(=O)O)CC(=O)O)c(Cl)cc1C(=O)NCC1CN(Cc2ccc(F)cc2)CCO1. The van der Waals surface area contributed by atoms with Crippen molar-refractivity contribution in [2.75, 3.05) is 32.8 Å². The third-order valence-corrected chi connectivity index (χ3v) is 6.83. The van der Waals surface area contributed by atoms with Gasteiger partial charge in [0.25, 0.3) is 5.91 Å². The van der Waals surface area contributed by atoms with E-state index in [0.717, 1.165) is 5.56 Å². The first-order valence-electron chi connectivity index (χ1n) is 12.9. The van der Waals surface area contributed by atoms with Gasteiger partial charge in [-0.15, -0.1) is 0 Å². The highest BCUT2D eigenvalue weighted by Crippen LogP contribution is 2.30. The van der Waals surface area contributed by atoms with Crippen LogP contribution in [0.5, 0.6) is 5.75 Å². The number of Topliss-reactive ketones (excluding diaryl/α,β-unsaturated/α-hetero) is 1. The first-order valence-corrected chi connectivity index (χ1v) is 13.3. The largest absolute Gasteiger partial charge is 0.493 e. The molecular formula is C28H32ClFN2O9. The van der Waals surface area contributed by atoms with Gasteiger partial charge in [0.1, 0.15) is 17.2 Å². The molecule has 222 valence electrons. The van der Waals surface area contributed by atoms with Gasteiger partial charge < -0.3 is 30.1 Å². The van der Waals surface area contributed by atoms with Gasteiger partial charge in [-0.05, 0) is 42.3 Å². The van der Waals surface area contributed by atoms with E-state index in [1.807, 2.05) is 0 Å². The van der Waals surface area contributed by atoms with Gasteiger partial charge in [0.05, 0.1) is 37.7 Å². The van der Waals surface area contributed by atoms with E-state index in [1.54, 1.807) is 19.1 Å². The van der Waals surface area contributed by atoms with Gasteiger partial charge in [-0.25, -0.2) is 4.39 Å². The Balaban J connectivity index is 1.68. The highest BCUT2D eigenvalue weighted by atomic mass is 35.5. The number of amides is 1. The minimum absolute atomic E-state index is 0.0284. The lowest BCUT2D eigenvalue weighted by atomic mass is 9.87. The number of aliphatic carboxylic acids is 2. The van der Waals surface area contributed by atoms with Crippen LogP contribution in [0.1, 0.15) is 41.3 Å². The van der Waals surface area contributed by atoms with Gasteiger partial charge in [0.15, 0.2) is 5.78 Å². The maximum absolute atomic E-state index is 13.2. The molecule has 2 aromatic rings. The Morgan fingerprint density at radius 1 is 1.15 bits per heavy atom. The van der Waals surface area contributed by atoms with Crippen molar-refractivity contribution in [2.45, 2.75) is 44.4 Å². The third kappa shape index (κ3) is 9.22. The molecule has 0 spiro atoms. The number of ether oxygens (including phenoxy) is 2. The molecule has 41 heavy (non-hydrogen) atoms. The van der Waals surface area contributed by atoms with Crippen LogP contribution in [-0.4, -0.2) is 88.4 Å². The number of carbonyl (C=O) groups excluding carboxylic acids is 2. The monoisotopic (exact) mass is 594 g/mol. The average molecular weight is 595 g/mol. The number of carboxylic acids is 2. The average Bonchev–Trinajstić information content (AvgIpc) is 2.89. The summed E-state index contributed by atoms with van der Waals surface area (Å²) in [5.41, 5.74) is -1.49. The van der Waals surface area contributed by atoms with Crippen molar-refractivity contribution in [3.8, 4) is 5.75 Å². The van der Waals surface area contributed by atoms with Crippen LogP contribution in [0.2, 0.25) is 5.02 Å². The Morgan fingerprint density at radius 3 is 2.41 bits per heavy atom. The van der Waals surface area contributed by atoms with Crippen LogP contribution in [0.4, 0.5) is 4.39 Å². The Kier molecular flexibility index (Phi) is 11.2. The molecule has 1 aliphatic rings. The molecule has 1 fully saturated rings. The molecule has 0 radical (unpaired) electrons. The predicted molar refractivity (Wildman–Crippen MR) is 145 cm³/mol. The minimum atomic E-state index is -2.65. The smallest absolute Gasteiger partial charge is 0.306 e. The third-order valence-electron chi connectivity index (χ3n) is 6.48. The number of nitrogens with zero attached hydrogens (tertiary/aromatic N) is 1. The van der Waals surface area contributed by atoms with E-state index in [0.29, 0.717) is 26.2 Å². The quantitative estimate of drug-likeness (QED) is 0.255. The summed E-state index contributed by atoms with van der Waals surface area (Å²) in [6, 6.07) is 8.88. The van der Waals surface area contributed by atoms with E-state index >= 15 is 0 Å². The Bertz CT molecular complexity index is 1260. The van der Waals surface area contributed by atoms with Gasteiger partial charge in [0.2, 0.25) is 0 Å². The number of rotatable bonds is 14. The number of hydrogen-bond acceptors (Lipinski definition) is 8. The zero-order chi connectivity index (χ0) is 30.2. The molecular weight excluding hydrogens is 563 g/mol. The summed E-state index contributed by atoms with van der Waals surface area (Å²) in [6.07, 6.45) is -3.09. The molecule has 0 saturated carbocycles. The molecule has 0 aromatic heterocycles. The molecule has 2 aromatic carbocycles. The molecule has 3 rings (SSSR count). The lowest BCUT2D eigenvalue weighted by Crippen LogP contribution is -2.47. The Morgan fingerprint density at radius 2 is 1.80 bits per heavy atom. The normalized spacial score (nSPS) is 15.8. The second-order valence-corrected chi connectivity index (χ2v) is 10.1. The van der Waals surface area contributed by atoms with Crippen LogP contribution in [0.15, 0.2) is 36.4 Å². The summed E-state index contributed by atoms with van der Waals surface area (Å²) in [7, 11) is 0. The van der Waals surface area contributed by atoms with Gasteiger partial charge >= 0.3 is 11.9 Å². The van der Waals surface area contributed by atoms with E-state index < -0.39 is 48.5 Å². The van der Waals surface area contributed by atoms with E-state index in [9.17, 15) is 28.7 Å². The summed E-state index contributed by atoms with van der Waals surface area (Å²) in [4.78, 5) is 50.3. The van der Waals surface area contributed by atoms with Crippen molar-refractivity contribution in [3.63, 3.8) is 0 Å². The topological polar surface area (TPSA) is 163 Å². The number of morpholine rings is 1. The van der Waals surface area contributed by atoms with Crippen molar-refractivity contribution < 1.29 is 48.4 Å². The van der Waals surface area contributed by atoms with E-state index in [1.165, 1.54) is 24.3 Å². The fourth-order valence-electron chi connectivity index (χ4n) is 4.48. The first kappa shape index (κ1) is 31.9. The molecule has 11 nitrogen and oxygen atoms in total. The molecule has 0 aliphatic carbocycles. The number of hydrogen-bond donors (Lipinski definition) is 4. The van der Waals surface area contributed by atoms with Crippen molar-refractivity contribution >= 4 is 35.2 Å².